The number of aliphatic hydroxyl groups excluding tert-OH is 1. The van der Waals surface area contributed by atoms with Crippen molar-refractivity contribution in [3.8, 4) is 0 Å². The number of pyridine rings is 1. The molecular formula is C14H21ClN2O2. The molecule has 5 heteroatoms. The van der Waals surface area contributed by atoms with Gasteiger partial charge in [-0.25, -0.2) is 4.98 Å². The lowest BCUT2D eigenvalue weighted by atomic mass is 10.1. The monoisotopic (exact) mass is 284 g/mol. The number of aromatic nitrogens is 1. The first kappa shape index (κ1) is 15.9. The fraction of sp³-hybridized carbons (Fsp3) is 0.571. The Balaban J connectivity index is 2.51. The fourth-order valence-electron chi connectivity index (χ4n) is 1.78. The van der Waals surface area contributed by atoms with Crippen LogP contribution in [-0.2, 0) is 6.42 Å². The Morgan fingerprint density at radius 1 is 1.37 bits per heavy atom. The Morgan fingerprint density at radius 3 is 2.84 bits per heavy atom. The van der Waals surface area contributed by atoms with Crippen molar-refractivity contribution in [2.24, 2.45) is 0 Å². The lowest BCUT2D eigenvalue weighted by Crippen LogP contribution is -2.24. The Kier molecular flexibility index (Phi) is 7.45. The minimum atomic E-state index is -0.120. The first-order chi connectivity index (χ1) is 9.17. The topological polar surface area (TPSA) is 62.2 Å². The molecule has 4 nitrogen and oxygen atoms in total. The molecule has 0 saturated carbocycles. The number of hydrogen-bond acceptors (Lipinski definition) is 3. The van der Waals surface area contributed by atoms with E-state index >= 15 is 0 Å². The first-order valence-electron chi connectivity index (χ1n) is 6.73. The van der Waals surface area contributed by atoms with E-state index in [1.807, 2.05) is 0 Å². The summed E-state index contributed by atoms with van der Waals surface area (Å²) in [6.45, 7) is 2.87. The van der Waals surface area contributed by atoms with Gasteiger partial charge in [-0.3, -0.25) is 4.79 Å². The molecule has 0 saturated heterocycles. The zero-order valence-corrected chi connectivity index (χ0v) is 12.0. The smallest absolute Gasteiger partial charge is 0.251 e. The number of carbonyl (C=O) groups excluding carboxylic acids is 1. The quantitative estimate of drug-likeness (QED) is 0.570. The van der Waals surface area contributed by atoms with Crippen LogP contribution in [-0.4, -0.2) is 29.1 Å². The highest BCUT2D eigenvalue weighted by Crippen LogP contribution is 2.12. The highest BCUT2D eigenvalue weighted by molar-refractivity contribution is 6.29. The van der Waals surface area contributed by atoms with Crippen molar-refractivity contribution in [3.63, 3.8) is 0 Å². The van der Waals surface area contributed by atoms with Gasteiger partial charge in [0.15, 0.2) is 0 Å². The predicted octanol–water partition coefficient (Wildman–Crippen LogP) is 2.58. The fourth-order valence-corrected chi connectivity index (χ4v) is 2.01. The van der Waals surface area contributed by atoms with Crippen molar-refractivity contribution in [3.05, 3.63) is 28.5 Å². The van der Waals surface area contributed by atoms with Crippen LogP contribution in [0.2, 0.25) is 5.15 Å². The van der Waals surface area contributed by atoms with Crippen LogP contribution in [0.4, 0.5) is 0 Å². The van der Waals surface area contributed by atoms with Crippen LogP contribution in [0.15, 0.2) is 12.1 Å². The molecule has 1 rings (SSSR count). The number of hydrogen-bond donors (Lipinski definition) is 2. The predicted molar refractivity (Wildman–Crippen MR) is 76.5 cm³/mol. The van der Waals surface area contributed by atoms with Crippen LogP contribution >= 0.6 is 11.6 Å². The molecule has 1 aromatic rings. The number of nitrogens with one attached hydrogen (secondary N) is 1. The summed E-state index contributed by atoms with van der Waals surface area (Å²) >= 11 is 5.91. The van der Waals surface area contributed by atoms with Crippen molar-refractivity contribution in [1.82, 2.24) is 10.3 Å². The van der Waals surface area contributed by atoms with Gasteiger partial charge in [0.2, 0.25) is 0 Å². The lowest BCUT2D eigenvalue weighted by molar-refractivity contribution is 0.0952. The highest BCUT2D eigenvalue weighted by atomic mass is 35.5. The van der Waals surface area contributed by atoms with Gasteiger partial charge in [0, 0.05) is 24.4 Å². The molecule has 0 atom stereocenters. The minimum absolute atomic E-state index is 0.120. The number of amides is 1. The number of halogens is 1. The van der Waals surface area contributed by atoms with Crippen LogP contribution in [0.3, 0.4) is 0 Å². The molecule has 19 heavy (non-hydrogen) atoms. The molecule has 2 N–H and O–H groups in total. The van der Waals surface area contributed by atoms with E-state index in [1.165, 1.54) is 0 Å². The molecule has 0 aliphatic carbocycles. The van der Waals surface area contributed by atoms with Crippen LogP contribution in [0.1, 0.15) is 48.7 Å². The molecule has 0 aliphatic rings. The highest BCUT2D eigenvalue weighted by Gasteiger charge is 2.08. The Labute approximate surface area is 119 Å². The SMILES string of the molecule is CCCc1cc(C(=O)NCCCCCO)cc(Cl)n1. The third-order valence-electron chi connectivity index (χ3n) is 2.74. The third kappa shape index (κ3) is 6.03. The third-order valence-corrected chi connectivity index (χ3v) is 2.93. The van der Waals surface area contributed by atoms with E-state index in [0.717, 1.165) is 37.8 Å². The largest absolute Gasteiger partial charge is 0.396 e. The Bertz CT molecular complexity index is 410. The summed E-state index contributed by atoms with van der Waals surface area (Å²) in [5, 5.41) is 11.9. The van der Waals surface area contributed by atoms with E-state index in [1.54, 1.807) is 12.1 Å². The maximum Gasteiger partial charge on any atom is 0.251 e. The number of rotatable bonds is 8. The van der Waals surface area contributed by atoms with Crippen LogP contribution < -0.4 is 5.32 Å². The molecule has 1 heterocycles. The normalized spacial score (nSPS) is 10.5. The second-order valence-electron chi connectivity index (χ2n) is 4.46. The summed E-state index contributed by atoms with van der Waals surface area (Å²) in [5.41, 5.74) is 1.41. The summed E-state index contributed by atoms with van der Waals surface area (Å²) in [6.07, 6.45) is 4.34. The number of aryl methyl sites for hydroxylation is 1. The number of unbranched alkanes of at least 4 members (excludes halogenated alkanes) is 2. The molecule has 106 valence electrons. The van der Waals surface area contributed by atoms with Gasteiger partial charge in [-0.2, -0.15) is 0 Å². The second kappa shape index (κ2) is 8.88. The van der Waals surface area contributed by atoms with Gasteiger partial charge >= 0.3 is 0 Å². The van der Waals surface area contributed by atoms with Crippen molar-refractivity contribution < 1.29 is 9.90 Å². The molecule has 0 fully saturated rings. The Hall–Kier alpha value is -1.13. The molecule has 0 unspecified atom stereocenters. The molecule has 1 amide bonds. The zero-order chi connectivity index (χ0) is 14.1. The van der Waals surface area contributed by atoms with Crippen molar-refractivity contribution in [2.75, 3.05) is 13.2 Å². The maximum atomic E-state index is 11.9. The minimum Gasteiger partial charge on any atom is -0.396 e. The molecule has 0 bridgehead atoms. The van der Waals surface area contributed by atoms with E-state index < -0.39 is 0 Å². The molecule has 0 spiro atoms. The van der Waals surface area contributed by atoms with Crippen molar-refractivity contribution in [2.45, 2.75) is 39.0 Å². The van der Waals surface area contributed by atoms with Crippen LogP contribution in [0.25, 0.3) is 0 Å². The molecule has 0 aromatic carbocycles. The van der Waals surface area contributed by atoms with E-state index in [0.29, 0.717) is 17.3 Å². The molecular weight excluding hydrogens is 264 g/mol. The van der Waals surface area contributed by atoms with Crippen molar-refractivity contribution in [1.29, 1.82) is 0 Å². The summed E-state index contributed by atoms with van der Waals surface area (Å²) in [4.78, 5) is 16.1. The summed E-state index contributed by atoms with van der Waals surface area (Å²) < 4.78 is 0. The van der Waals surface area contributed by atoms with Gasteiger partial charge in [-0.1, -0.05) is 24.9 Å². The van der Waals surface area contributed by atoms with Crippen LogP contribution in [0, 0.1) is 0 Å². The lowest BCUT2D eigenvalue weighted by Gasteiger charge is -2.07. The van der Waals surface area contributed by atoms with Crippen molar-refractivity contribution >= 4 is 17.5 Å². The van der Waals surface area contributed by atoms with E-state index in [-0.39, 0.29) is 12.5 Å². The Morgan fingerprint density at radius 2 is 2.16 bits per heavy atom. The molecule has 1 aromatic heterocycles. The van der Waals surface area contributed by atoms with Gasteiger partial charge in [-0.05, 0) is 37.8 Å². The van der Waals surface area contributed by atoms with Gasteiger partial charge in [0.1, 0.15) is 5.15 Å². The summed E-state index contributed by atoms with van der Waals surface area (Å²) in [6, 6.07) is 3.38. The number of carbonyl (C=O) groups is 1. The van der Waals surface area contributed by atoms with E-state index in [9.17, 15) is 4.79 Å². The number of aliphatic hydroxyl groups is 1. The van der Waals surface area contributed by atoms with Gasteiger partial charge in [0.25, 0.3) is 5.91 Å². The summed E-state index contributed by atoms with van der Waals surface area (Å²) in [5.74, 6) is -0.120. The van der Waals surface area contributed by atoms with Gasteiger partial charge in [0.05, 0.1) is 0 Å². The van der Waals surface area contributed by atoms with E-state index in [2.05, 4.69) is 17.2 Å². The summed E-state index contributed by atoms with van der Waals surface area (Å²) in [7, 11) is 0. The molecule has 0 aliphatic heterocycles. The van der Waals surface area contributed by atoms with Gasteiger partial charge in [-0.15, -0.1) is 0 Å². The maximum absolute atomic E-state index is 11.9. The average Bonchev–Trinajstić information content (AvgIpc) is 2.38. The number of nitrogens with zero attached hydrogens (tertiary/aromatic N) is 1. The standard InChI is InChI=1S/C14H21ClN2O2/c1-2-6-12-9-11(10-13(15)17-12)14(19)16-7-4-3-5-8-18/h9-10,18H,2-8H2,1H3,(H,16,19). The second-order valence-corrected chi connectivity index (χ2v) is 4.85. The first-order valence-corrected chi connectivity index (χ1v) is 7.10. The zero-order valence-electron chi connectivity index (χ0n) is 11.3. The average molecular weight is 285 g/mol. The van der Waals surface area contributed by atoms with E-state index in [4.69, 9.17) is 16.7 Å². The van der Waals surface area contributed by atoms with Gasteiger partial charge < -0.3 is 10.4 Å². The van der Waals surface area contributed by atoms with Crippen LogP contribution in [0.5, 0.6) is 0 Å². The molecule has 0 radical (unpaired) electrons.